The highest BCUT2D eigenvalue weighted by molar-refractivity contribution is 5.75. The van der Waals surface area contributed by atoms with E-state index < -0.39 is 29.6 Å². The summed E-state index contributed by atoms with van der Waals surface area (Å²) >= 11 is 0. The van der Waals surface area contributed by atoms with Crippen LogP contribution in [0.15, 0.2) is 91.0 Å². The molecule has 0 amide bonds. The van der Waals surface area contributed by atoms with Gasteiger partial charge in [-0.3, -0.25) is 9.69 Å². The van der Waals surface area contributed by atoms with Crippen molar-refractivity contribution in [2.75, 3.05) is 13.7 Å². The van der Waals surface area contributed by atoms with Crippen LogP contribution in [0, 0.1) is 22.7 Å². The molecule has 3 aromatic carbocycles. The SMILES string of the molecule is COC1CC2CCC1(CN(Cc1ccccc1)[C@H](c1ccccc1)[C@H](C(=O)OC(C)(C)C)[C@@H](O)c1ccccc1)C2(C)C. The van der Waals surface area contributed by atoms with Gasteiger partial charge in [0.05, 0.1) is 18.2 Å². The Kier molecular flexibility index (Phi) is 9.18. The number of benzene rings is 3. The van der Waals surface area contributed by atoms with Crippen LogP contribution in [0.1, 0.15) is 82.7 Å². The second-order valence-corrected chi connectivity index (χ2v) is 14.2. The number of methoxy groups -OCH3 is 1. The van der Waals surface area contributed by atoms with Crippen molar-refractivity contribution in [3.63, 3.8) is 0 Å². The van der Waals surface area contributed by atoms with Crippen LogP contribution in [0.4, 0.5) is 0 Å². The summed E-state index contributed by atoms with van der Waals surface area (Å²) in [6.07, 6.45) is 2.39. The van der Waals surface area contributed by atoms with Gasteiger partial charge in [-0.15, -0.1) is 0 Å². The number of fused-ring (bicyclic) bond motifs is 2. The topological polar surface area (TPSA) is 59.0 Å². The Bertz CT molecular complexity index is 1340. The van der Waals surface area contributed by atoms with Gasteiger partial charge < -0.3 is 14.6 Å². The van der Waals surface area contributed by atoms with Gasteiger partial charge in [-0.25, -0.2) is 0 Å². The number of esters is 1. The van der Waals surface area contributed by atoms with E-state index in [2.05, 4.69) is 55.1 Å². The van der Waals surface area contributed by atoms with Gasteiger partial charge in [-0.05, 0) is 68.1 Å². The third-order valence-corrected chi connectivity index (χ3v) is 10.4. The molecule has 2 fully saturated rings. The van der Waals surface area contributed by atoms with Crippen LogP contribution < -0.4 is 0 Å². The highest BCUT2D eigenvalue weighted by Gasteiger charge is 2.65. The van der Waals surface area contributed by atoms with Crippen LogP contribution in [-0.2, 0) is 20.8 Å². The fourth-order valence-electron chi connectivity index (χ4n) is 8.09. The molecule has 3 aromatic rings. The van der Waals surface area contributed by atoms with E-state index in [4.69, 9.17) is 9.47 Å². The summed E-state index contributed by atoms with van der Waals surface area (Å²) in [6.45, 7) is 11.8. The lowest BCUT2D eigenvalue weighted by Crippen LogP contribution is -2.51. The maximum atomic E-state index is 14.4. The van der Waals surface area contributed by atoms with Gasteiger partial charge >= 0.3 is 5.97 Å². The molecule has 0 radical (unpaired) electrons. The first-order valence-corrected chi connectivity index (χ1v) is 15.8. The number of rotatable bonds is 11. The van der Waals surface area contributed by atoms with E-state index in [9.17, 15) is 9.90 Å². The Hall–Kier alpha value is -2.99. The fraction of sp³-hybridized carbons (Fsp3) is 0.500. The number of carbonyl (C=O) groups excluding carboxylic acids is 1. The normalized spacial score (nSPS) is 24.9. The van der Waals surface area contributed by atoms with Crippen LogP contribution in [0.3, 0.4) is 0 Å². The first kappa shape index (κ1) is 31.4. The summed E-state index contributed by atoms with van der Waals surface area (Å²) in [5.74, 6) is -0.666. The molecule has 1 N–H and O–H groups in total. The molecule has 43 heavy (non-hydrogen) atoms. The average Bonchev–Trinajstić information content (AvgIpc) is 3.35. The Morgan fingerprint density at radius 3 is 2.02 bits per heavy atom. The summed E-state index contributed by atoms with van der Waals surface area (Å²) < 4.78 is 12.4. The molecule has 2 bridgehead atoms. The Morgan fingerprint density at radius 1 is 0.930 bits per heavy atom. The highest BCUT2D eigenvalue weighted by atomic mass is 16.6. The molecule has 2 aliphatic carbocycles. The van der Waals surface area contributed by atoms with E-state index in [1.165, 1.54) is 6.42 Å². The summed E-state index contributed by atoms with van der Waals surface area (Å²) in [6, 6.07) is 29.8. The van der Waals surface area contributed by atoms with Crippen molar-refractivity contribution in [1.29, 1.82) is 0 Å². The number of carbonyl (C=O) groups is 1. The predicted octanol–water partition coefficient (Wildman–Crippen LogP) is 7.76. The third-order valence-electron chi connectivity index (χ3n) is 10.4. The third kappa shape index (κ3) is 6.31. The maximum absolute atomic E-state index is 14.4. The molecule has 230 valence electrons. The molecule has 5 nitrogen and oxygen atoms in total. The molecule has 5 heteroatoms. The van der Waals surface area contributed by atoms with Gasteiger partial charge in [-0.2, -0.15) is 0 Å². The molecule has 0 aromatic heterocycles. The van der Waals surface area contributed by atoms with Crippen molar-refractivity contribution in [1.82, 2.24) is 4.90 Å². The zero-order valence-corrected chi connectivity index (χ0v) is 26.7. The quantitative estimate of drug-likeness (QED) is 0.234. The minimum atomic E-state index is -1.07. The van der Waals surface area contributed by atoms with Gasteiger partial charge in [0.15, 0.2) is 0 Å². The lowest BCUT2D eigenvalue weighted by molar-refractivity contribution is -0.170. The van der Waals surface area contributed by atoms with Crippen molar-refractivity contribution in [3.05, 3.63) is 108 Å². The van der Waals surface area contributed by atoms with Crippen LogP contribution >= 0.6 is 0 Å². The Labute approximate surface area is 258 Å². The molecular formula is C38H49NO4. The zero-order valence-electron chi connectivity index (χ0n) is 26.7. The van der Waals surface area contributed by atoms with E-state index in [1.807, 2.05) is 82.5 Å². The van der Waals surface area contributed by atoms with Gasteiger partial charge in [0.2, 0.25) is 0 Å². The summed E-state index contributed by atoms with van der Waals surface area (Å²) in [5.41, 5.74) is 2.13. The number of aliphatic hydroxyl groups is 1. The fourth-order valence-corrected chi connectivity index (χ4v) is 8.09. The Balaban J connectivity index is 1.68. The second-order valence-electron chi connectivity index (χ2n) is 14.2. The minimum absolute atomic E-state index is 0.0727. The molecule has 3 unspecified atom stereocenters. The first-order chi connectivity index (χ1) is 20.5. The molecule has 5 rings (SSSR count). The van der Waals surface area contributed by atoms with Crippen molar-refractivity contribution in [2.24, 2.45) is 22.7 Å². The summed E-state index contributed by atoms with van der Waals surface area (Å²) in [7, 11) is 1.85. The standard InChI is InChI=1S/C38H49NO4/c1-36(2,3)43-35(41)32(34(40)29-20-14-9-15-21-29)33(28-18-12-8-13-19-28)39(25-27-16-10-7-11-17-27)26-38-23-22-30(37(38,4)5)24-31(38)42-6/h7-21,30-34,40H,22-26H2,1-6H3/t30?,31?,32-,33+,34-,38?/m0/s1. The van der Waals surface area contributed by atoms with Crippen molar-refractivity contribution in [2.45, 2.75) is 84.3 Å². The predicted molar refractivity (Wildman–Crippen MR) is 171 cm³/mol. The smallest absolute Gasteiger partial charge is 0.314 e. The maximum Gasteiger partial charge on any atom is 0.314 e. The van der Waals surface area contributed by atoms with Crippen molar-refractivity contribution in [3.8, 4) is 0 Å². The van der Waals surface area contributed by atoms with Crippen LogP contribution in [-0.4, -0.2) is 41.3 Å². The van der Waals surface area contributed by atoms with E-state index >= 15 is 0 Å². The average molecular weight is 584 g/mol. The molecule has 0 saturated heterocycles. The molecule has 6 atom stereocenters. The molecule has 0 aliphatic heterocycles. The van der Waals surface area contributed by atoms with Crippen LogP contribution in [0.25, 0.3) is 0 Å². The van der Waals surface area contributed by atoms with E-state index in [0.29, 0.717) is 18.0 Å². The molecule has 2 aliphatic rings. The van der Waals surface area contributed by atoms with Gasteiger partial charge in [-0.1, -0.05) is 105 Å². The van der Waals surface area contributed by atoms with E-state index in [0.717, 1.165) is 30.5 Å². The minimum Gasteiger partial charge on any atom is -0.460 e. The lowest BCUT2D eigenvalue weighted by atomic mass is 9.67. The number of nitrogens with zero attached hydrogens (tertiary/aromatic N) is 1. The lowest BCUT2D eigenvalue weighted by Gasteiger charge is -2.48. The summed E-state index contributed by atoms with van der Waals surface area (Å²) in [5, 5.41) is 12.1. The molecule has 0 spiro atoms. The molecule has 0 heterocycles. The number of hydrogen-bond donors (Lipinski definition) is 1. The number of ether oxygens (including phenoxy) is 2. The van der Waals surface area contributed by atoms with E-state index in [1.54, 1.807) is 0 Å². The van der Waals surface area contributed by atoms with Gasteiger partial charge in [0.25, 0.3) is 0 Å². The number of hydrogen-bond acceptors (Lipinski definition) is 5. The zero-order chi connectivity index (χ0) is 30.8. The Morgan fingerprint density at radius 2 is 1.49 bits per heavy atom. The molecule has 2 saturated carbocycles. The second kappa shape index (κ2) is 12.6. The van der Waals surface area contributed by atoms with Gasteiger partial charge in [0, 0.05) is 25.6 Å². The largest absolute Gasteiger partial charge is 0.460 e. The highest BCUT2D eigenvalue weighted by Crippen LogP contribution is 2.67. The monoisotopic (exact) mass is 583 g/mol. The molecular weight excluding hydrogens is 534 g/mol. The summed E-state index contributed by atoms with van der Waals surface area (Å²) in [4.78, 5) is 16.8. The first-order valence-electron chi connectivity index (χ1n) is 15.8. The van der Waals surface area contributed by atoms with Gasteiger partial charge in [0.1, 0.15) is 11.5 Å². The van der Waals surface area contributed by atoms with Crippen LogP contribution in [0.2, 0.25) is 0 Å². The van der Waals surface area contributed by atoms with Crippen molar-refractivity contribution >= 4 is 5.97 Å². The van der Waals surface area contributed by atoms with E-state index in [-0.39, 0.29) is 16.9 Å². The van der Waals surface area contributed by atoms with Crippen molar-refractivity contribution < 1.29 is 19.4 Å². The number of aliphatic hydroxyl groups excluding tert-OH is 1. The van der Waals surface area contributed by atoms with Crippen LogP contribution in [0.5, 0.6) is 0 Å².